The molecule has 0 N–H and O–H groups in total. The SMILES string of the molecule is COc1cccc(/C=C/c2nc3ccc(/N=C/c4ccc5c(c4)CN4CN5Cc5cc(/C=N/c6ccc7nc(/C=C/c8cccc(OC)c8OC)sc7c6)ccc54)cc3s2)c1OC. The van der Waals surface area contributed by atoms with Gasteiger partial charge >= 0.3 is 0 Å². The lowest BCUT2D eigenvalue weighted by molar-refractivity contribution is 0.354. The molecule has 63 heavy (non-hydrogen) atoms. The second-order valence-electron chi connectivity index (χ2n) is 15.1. The van der Waals surface area contributed by atoms with Gasteiger partial charge in [-0.25, -0.2) is 9.97 Å². The van der Waals surface area contributed by atoms with Crippen molar-refractivity contribution in [2.75, 3.05) is 44.9 Å². The number of aromatic nitrogens is 2. The Morgan fingerprint density at radius 2 is 1.00 bits per heavy atom. The van der Waals surface area contributed by atoms with Crippen LogP contribution in [0.2, 0.25) is 0 Å². The van der Waals surface area contributed by atoms with Gasteiger partial charge < -0.3 is 28.7 Å². The van der Waals surface area contributed by atoms with Gasteiger partial charge in [0.15, 0.2) is 23.0 Å². The largest absolute Gasteiger partial charge is 0.493 e. The Kier molecular flexibility index (Phi) is 10.9. The summed E-state index contributed by atoms with van der Waals surface area (Å²) in [6.45, 7) is 2.52. The topological polar surface area (TPSA) is 93.9 Å². The molecule has 0 atom stereocenters. The Labute approximate surface area is 373 Å². The van der Waals surface area contributed by atoms with Crippen LogP contribution >= 0.6 is 22.7 Å². The molecule has 0 radical (unpaired) electrons. The van der Waals surface area contributed by atoms with Crippen molar-refractivity contribution in [3.05, 3.63) is 153 Å². The summed E-state index contributed by atoms with van der Waals surface area (Å²) in [6, 6.07) is 37.3. The first-order valence-corrected chi connectivity index (χ1v) is 22.0. The molecule has 0 spiro atoms. The van der Waals surface area contributed by atoms with Gasteiger partial charge in [0.2, 0.25) is 0 Å². The highest BCUT2D eigenvalue weighted by Crippen LogP contribution is 2.39. The van der Waals surface area contributed by atoms with Crippen LogP contribution in [0.3, 0.4) is 0 Å². The molecule has 2 aliphatic rings. The van der Waals surface area contributed by atoms with E-state index >= 15 is 0 Å². The van der Waals surface area contributed by atoms with Gasteiger partial charge in [-0.1, -0.05) is 36.4 Å². The predicted molar refractivity (Wildman–Crippen MR) is 261 cm³/mol. The number of aliphatic imine (C=N–C) groups is 2. The zero-order chi connectivity index (χ0) is 42.9. The molecule has 0 aliphatic carbocycles. The Morgan fingerprint density at radius 1 is 0.524 bits per heavy atom. The number of hydrogen-bond donors (Lipinski definition) is 0. The molecule has 6 aromatic carbocycles. The molecule has 312 valence electrons. The lowest BCUT2D eigenvalue weighted by atomic mass is 9.99. The van der Waals surface area contributed by atoms with Gasteiger partial charge in [-0.15, -0.1) is 22.7 Å². The molecule has 0 amide bonds. The fourth-order valence-corrected chi connectivity index (χ4v) is 9.96. The van der Waals surface area contributed by atoms with Crippen molar-refractivity contribution >= 4 is 103 Å². The molecule has 0 fully saturated rings. The molecule has 10 nitrogen and oxygen atoms in total. The highest BCUT2D eigenvalue weighted by molar-refractivity contribution is 7.19. The predicted octanol–water partition coefficient (Wildman–Crippen LogP) is 12.1. The van der Waals surface area contributed by atoms with Gasteiger partial charge in [-0.2, -0.15) is 0 Å². The van der Waals surface area contributed by atoms with Crippen LogP contribution in [0.5, 0.6) is 23.0 Å². The second kappa shape index (κ2) is 17.2. The average Bonchev–Trinajstić information content (AvgIpc) is 3.93. The Balaban J connectivity index is 0.800. The number of rotatable bonds is 12. The van der Waals surface area contributed by atoms with Gasteiger partial charge in [0.1, 0.15) is 10.0 Å². The number of fused-ring (bicyclic) bond motifs is 8. The van der Waals surface area contributed by atoms with Crippen LogP contribution in [-0.2, 0) is 13.1 Å². The molecule has 2 aromatic heterocycles. The summed E-state index contributed by atoms with van der Waals surface area (Å²) >= 11 is 3.27. The van der Waals surface area contributed by atoms with Crippen LogP contribution in [0, 0.1) is 0 Å². The third-order valence-electron chi connectivity index (χ3n) is 11.1. The number of anilines is 2. The van der Waals surface area contributed by atoms with Crippen molar-refractivity contribution in [1.82, 2.24) is 9.97 Å². The van der Waals surface area contributed by atoms with Gasteiger partial charge in [0.05, 0.1) is 66.9 Å². The van der Waals surface area contributed by atoms with Crippen LogP contribution in [0.4, 0.5) is 22.7 Å². The Hall–Kier alpha value is -7.28. The summed E-state index contributed by atoms with van der Waals surface area (Å²) in [5, 5.41) is 1.81. The van der Waals surface area contributed by atoms with Crippen molar-refractivity contribution in [2.24, 2.45) is 9.98 Å². The van der Waals surface area contributed by atoms with Crippen molar-refractivity contribution in [3.8, 4) is 23.0 Å². The summed E-state index contributed by atoms with van der Waals surface area (Å²) in [7, 11) is 6.58. The van der Waals surface area contributed by atoms with Crippen molar-refractivity contribution in [2.45, 2.75) is 13.1 Å². The molecular weight excluding hydrogens is 825 g/mol. The molecule has 4 heterocycles. The first-order valence-electron chi connectivity index (χ1n) is 20.4. The molecule has 0 unspecified atom stereocenters. The minimum atomic E-state index is 0.696. The Bertz CT molecular complexity index is 2940. The minimum Gasteiger partial charge on any atom is -0.493 e. The number of methoxy groups -OCH3 is 4. The van der Waals surface area contributed by atoms with E-state index in [1.807, 2.05) is 97.4 Å². The van der Waals surface area contributed by atoms with Crippen LogP contribution < -0.4 is 28.7 Å². The number of ether oxygens (including phenoxy) is 4. The molecule has 0 saturated heterocycles. The number of thiazole rings is 2. The monoisotopic (exact) mass is 866 g/mol. The standard InChI is InChI=1S/C51H42N6O4S2/c1-58-44-9-5-7-34(50(44)60-3)13-21-48-54-40-17-15-38(25-46(40)62-48)52-27-32-11-19-42-36(23-32)29-56-31-57(42)30-37-24-33(12-20-43(37)56)28-53-39-16-18-41-47(26-39)63-49(55-41)22-14-35-8-6-10-45(59-2)51(35)61-4/h5-28H,29-31H2,1-4H3/b21-13+,22-14+,52-27+,53-28+. The summed E-state index contributed by atoms with van der Waals surface area (Å²) in [5.41, 5.74) is 12.8. The normalized spacial score (nSPS) is 13.5. The smallest absolute Gasteiger partial charge is 0.167 e. The van der Waals surface area contributed by atoms with E-state index in [-0.39, 0.29) is 0 Å². The van der Waals surface area contributed by atoms with Gasteiger partial charge in [-0.05, 0) is 119 Å². The summed E-state index contributed by atoms with van der Waals surface area (Å²) in [6.07, 6.45) is 11.9. The van der Waals surface area contributed by atoms with E-state index in [2.05, 4.69) is 58.3 Å². The average molecular weight is 867 g/mol. The maximum atomic E-state index is 5.58. The van der Waals surface area contributed by atoms with E-state index in [0.29, 0.717) is 23.0 Å². The lowest BCUT2D eigenvalue weighted by Crippen LogP contribution is -2.46. The minimum absolute atomic E-state index is 0.696. The quantitative estimate of drug-likeness (QED) is 0.112. The van der Waals surface area contributed by atoms with Crippen LogP contribution in [0.15, 0.2) is 119 Å². The molecule has 2 bridgehead atoms. The Morgan fingerprint density at radius 3 is 1.44 bits per heavy atom. The van der Waals surface area contributed by atoms with Crippen molar-refractivity contribution < 1.29 is 18.9 Å². The first-order chi connectivity index (χ1) is 30.9. The van der Waals surface area contributed by atoms with Crippen LogP contribution in [-0.4, -0.2) is 57.5 Å². The molecule has 8 aromatic rings. The summed E-state index contributed by atoms with van der Waals surface area (Å²) < 4.78 is 24.2. The van der Waals surface area contributed by atoms with E-state index in [0.717, 1.165) is 83.8 Å². The highest BCUT2D eigenvalue weighted by Gasteiger charge is 2.29. The van der Waals surface area contributed by atoms with Crippen LogP contribution in [0.1, 0.15) is 43.4 Å². The van der Waals surface area contributed by atoms with Gasteiger partial charge in [-0.3, -0.25) is 9.98 Å². The zero-order valence-corrected chi connectivity index (χ0v) is 36.7. The maximum absolute atomic E-state index is 5.58. The van der Waals surface area contributed by atoms with E-state index in [4.69, 9.17) is 38.9 Å². The summed E-state index contributed by atoms with van der Waals surface area (Å²) in [4.78, 5) is 24.3. The number of hydrogen-bond acceptors (Lipinski definition) is 12. The number of benzene rings is 6. The second-order valence-corrected chi connectivity index (χ2v) is 17.2. The fraction of sp³-hybridized carbons (Fsp3) is 0.137. The maximum Gasteiger partial charge on any atom is 0.167 e. The zero-order valence-electron chi connectivity index (χ0n) is 35.1. The van der Waals surface area contributed by atoms with Crippen LogP contribution in [0.25, 0.3) is 44.7 Å². The molecule has 0 saturated carbocycles. The number of para-hydroxylation sites is 2. The summed E-state index contributed by atoms with van der Waals surface area (Å²) in [5.74, 6) is 2.79. The first kappa shape index (κ1) is 39.8. The van der Waals surface area contributed by atoms with E-state index in [1.54, 1.807) is 51.1 Å². The van der Waals surface area contributed by atoms with E-state index in [1.165, 1.54) is 22.5 Å². The third kappa shape index (κ3) is 8.14. The van der Waals surface area contributed by atoms with Crippen molar-refractivity contribution in [1.29, 1.82) is 0 Å². The van der Waals surface area contributed by atoms with Gasteiger partial charge in [0, 0.05) is 48.0 Å². The molecule has 2 aliphatic heterocycles. The highest BCUT2D eigenvalue weighted by atomic mass is 32.1. The molecule has 12 heteroatoms. The molecular formula is C51H42N6O4S2. The molecule has 10 rings (SSSR count). The number of nitrogens with zero attached hydrogens (tertiary/aromatic N) is 6. The lowest BCUT2D eigenvalue weighted by Gasteiger charge is -2.45. The van der Waals surface area contributed by atoms with Gasteiger partial charge in [0.25, 0.3) is 0 Å². The van der Waals surface area contributed by atoms with E-state index in [9.17, 15) is 0 Å². The van der Waals surface area contributed by atoms with Crippen molar-refractivity contribution in [3.63, 3.8) is 0 Å². The third-order valence-corrected chi connectivity index (χ3v) is 13.1. The fourth-order valence-electron chi connectivity index (χ4n) is 8.15. The van der Waals surface area contributed by atoms with E-state index < -0.39 is 0 Å².